The fourth-order valence-electron chi connectivity index (χ4n) is 4.68. The van der Waals surface area contributed by atoms with Gasteiger partial charge in [0, 0.05) is 12.1 Å². The van der Waals surface area contributed by atoms with Gasteiger partial charge >= 0.3 is 0 Å². The Morgan fingerprint density at radius 2 is 1.83 bits per heavy atom. The summed E-state index contributed by atoms with van der Waals surface area (Å²) in [5.74, 6) is 2.08. The molecule has 0 unspecified atom stereocenters. The number of amides is 1. The molecule has 3 aliphatic rings. The summed E-state index contributed by atoms with van der Waals surface area (Å²) in [7, 11) is 4.56. The lowest BCUT2D eigenvalue weighted by atomic mass is 9.80. The number of methoxy groups -OCH3 is 3. The van der Waals surface area contributed by atoms with Crippen LogP contribution in [0.2, 0.25) is 0 Å². The molecule has 0 aliphatic carbocycles. The maximum Gasteiger partial charge on any atom is 0.258 e. The van der Waals surface area contributed by atoms with Crippen LogP contribution in [0.15, 0.2) is 16.6 Å². The van der Waals surface area contributed by atoms with Crippen molar-refractivity contribution in [3.8, 4) is 28.7 Å². The monoisotopic (exact) mass is 477 g/mol. The summed E-state index contributed by atoms with van der Waals surface area (Å²) in [6.45, 7) is 0.474. The first kappa shape index (κ1) is 19.3. The van der Waals surface area contributed by atoms with E-state index in [9.17, 15) is 9.90 Å². The molecular formula is C21H20BrNO7. The molecule has 8 nitrogen and oxygen atoms in total. The van der Waals surface area contributed by atoms with E-state index in [1.807, 2.05) is 0 Å². The number of aliphatic hydroxyl groups excluding tert-OH is 1. The van der Waals surface area contributed by atoms with E-state index in [1.54, 1.807) is 24.1 Å². The average molecular weight is 478 g/mol. The van der Waals surface area contributed by atoms with Crippen LogP contribution in [-0.2, 0) is 6.42 Å². The number of benzene rings is 2. The van der Waals surface area contributed by atoms with Gasteiger partial charge in [0.05, 0.1) is 37.4 Å². The zero-order chi connectivity index (χ0) is 21.2. The summed E-state index contributed by atoms with van der Waals surface area (Å²) >= 11 is 3.62. The molecule has 9 heteroatoms. The first-order chi connectivity index (χ1) is 14.5. The molecule has 30 heavy (non-hydrogen) atoms. The zero-order valence-corrected chi connectivity index (χ0v) is 18.2. The van der Waals surface area contributed by atoms with E-state index < -0.39 is 12.1 Å². The van der Waals surface area contributed by atoms with E-state index in [2.05, 4.69) is 15.9 Å². The molecule has 0 saturated heterocycles. The number of rotatable bonds is 3. The second-order valence-corrected chi connectivity index (χ2v) is 8.00. The lowest BCUT2D eigenvalue weighted by Gasteiger charge is -2.44. The zero-order valence-electron chi connectivity index (χ0n) is 16.7. The van der Waals surface area contributed by atoms with E-state index in [0.717, 1.165) is 15.6 Å². The van der Waals surface area contributed by atoms with Crippen LogP contribution in [0.1, 0.15) is 39.2 Å². The van der Waals surface area contributed by atoms with E-state index in [-0.39, 0.29) is 12.7 Å². The average Bonchev–Trinajstić information content (AvgIpc) is 3.25. The molecule has 158 valence electrons. The molecule has 0 spiro atoms. The Labute approximate surface area is 181 Å². The van der Waals surface area contributed by atoms with Gasteiger partial charge < -0.3 is 33.7 Å². The summed E-state index contributed by atoms with van der Waals surface area (Å²) in [5.41, 5.74) is 2.49. The maximum absolute atomic E-state index is 13.5. The SMILES string of the molecule is COc1ccc2c(c1OC)C(=O)N1CCc3c(Br)c(OC)c4c(c3[C@H]1[C@H]2O)OCO4. The van der Waals surface area contributed by atoms with Crippen LogP contribution < -0.4 is 23.7 Å². The number of hydrogen-bond acceptors (Lipinski definition) is 7. The first-order valence-electron chi connectivity index (χ1n) is 9.45. The Kier molecular flexibility index (Phi) is 4.48. The highest BCUT2D eigenvalue weighted by Crippen LogP contribution is 2.58. The molecule has 0 fully saturated rings. The molecular weight excluding hydrogens is 458 g/mol. The Morgan fingerprint density at radius 3 is 2.53 bits per heavy atom. The van der Waals surface area contributed by atoms with Crippen LogP contribution in [0.5, 0.6) is 28.7 Å². The minimum atomic E-state index is -0.981. The van der Waals surface area contributed by atoms with Gasteiger partial charge in [-0.3, -0.25) is 4.79 Å². The quantitative estimate of drug-likeness (QED) is 0.726. The third kappa shape index (κ3) is 2.39. The van der Waals surface area contributed by atoms with Gasteiger partial charge in [0.25, 0.3) is 5.91 Å². The third-order valence-corrected chi connectivity index (χ3v) is 6.80. The topological polar surface area (TPSA) is 86.7 Å². The largest absolute Gasteiger partial charge is 0.493 e. The fourth-order valence-corrected chi connectivity index (χ4v) is 5.44. The molecule has 0 radical (unpaired) electrons. The fraction of sp³-hybridized carbons (Fsp3) is 0.381. The van der Waals surface area contributed by atoms with Gasteiger partial charge in [-0.05, 0) is 39.5 Å². The highest BCUT2D eigenvalue weighted by atomic mass is 79.9. The van der Waals surface area contributed by atoms with Gasteiger partial charge in [-0.15, -0.1) is 0 Å². The van der Waals surface area contributed by atoms with Crippen molar-refractivity contribution in [1.29, 1.82) is 0 Å². The number of fused-ring (bicyclic) bond motifs is 6. The summed E-state index contributed by atoms with van der Waals surface area (Å²) in [6, 6.07) is 2.78. The summed E-state index contributed by atoms with van der Waals surface area (Å²) in [4.78, 5) is 15.2. The van der Waals surface area contributed by atoms with E-state index in [0.29, 0.717) is 52.8 Å². The standard InChI is InChI=1S/C21H20BrNO7/c1-26-11-5-4-10-13(17(11)27-2)21(25)23-7-6-9-12(15(23)16(10)24)18-20(30-8-29-18)19(28-3)14(9)22/h4-5,15-16,24H,6-8H2,1-3H3/t15-,16-/m0/s1. The Bertz CT molecular complexity index is 1070. The van der Waals surface area contributed by atoms with Gasteiger partial charge in [0.15, 0.2) is 23.0 Å². The highest BCUT2D eigenvalue weighted by Gasteiger charge is 2.48. The van der Waals surface area contributed by atoms with Crippen LogP contribution in [0.25, 0.3) is 0 Å². The van der Waals surface area contributed by atoms with E-state index >= 15 is 0 Å². The minimum Gasteiger partial charge on any atom is -0.493 e. The molecule has 2 aromatic carbocycles. The van der Waals surface area contributed by atoms with Crippen molar-refractivity contribution in [2.75, 3.05) is 34.7 Å². The summed E-state index contributed by atoms with van der Waals surface area (Å²) in [6.07, 6.45) is -0.412. The molecule has 1 N–H and O–H groups in total. The third-order valence-electron chi connectivity index (χ3n) is 5.96. The number of ether oxygens (including phenoxy) is 5. The molecule has 1 amide bonds. The van der Waals surface area contributed by atoms with Crippen molar-refractivity contribution < 1.29 is 33.6 Å². The van der Waals surface area contributed by atoms with Crippen molar-refractivity contribution in [3.05, 3.63) is 38.9 Å². The number of carbonyl (C=O) groups excluding carboxylic acids is 1. The van der Waals surface area contributed by atoms with Crippen molar-refractivity contribution in [2.24, 2.45) is 0 Å². The van der Waals surface area contributed by atoms with Crippen molar-refractivity contribution in [3.63, 3.8) is 0 Å². The van der Waals surface area contributed by atoms with Crippen LogP contribution in [-0.4, -0.2) is 50.6 Å². The predicted octanol–water partition coefficient (Wildman–Crippen LogP) is 2.99. The number of aliphatic hydroxyl groups is 1. The Balaban J connectivity index is 1.74. The van der Waals surface area contributed by atoms with Crippen LogP contribution in [0.4, 0.5) is 0 Å². The lowest BCUT2D eigenvalue weighted by Crippen LogP contribution is -2.46. The molecule has 3 aliphatic heterocycles. The number of nitrogens with zero attached hydrogens (tertiary/aromatic N) is 1. The van der Waals surface area contributed by atoms with Gasteiger partial charge in [0.1, 0.15) is 6.10 Å². The Hall–Kier alpha value is -2.65. The van der Waals surface area contributed by atoms with Gasteiger partial charge in [-0.2, -0.15) is 0 Å². The van der Waals surface area contributed by atoms with Crippen molar-refractivity contribution in [2.45, 2.75) is 18.6 Å². The summed E-state index contributed by atoms with van der Waals surface area (Å²) in [5, 5.41) is 11.4. The van der Waals surface area contributed by atoms with Gasteiger partial charge in [0.2, 0.25) is 12.5 Å². The molecule has 0 bridgehead atoms. The number of hydrogen-bond donors (Lipinski definition) is 1. The molecule has 5 rings (SSSR count). The maximum atomic E-state index is 13.5. The molecule has 2 aromatic rings. The smallest absolute Gasteiger partial charge is 0.258 e. The highest BCUT2D eigenvalue weighted by molar-refractivity contribution is 9.10. The molecule has 3 heterocycles. The van der Waals surface area contributed by atoms with Crippen molar-refractivity contribution >= 4 is 21.8 Å². The normalized spacial score (nSPS) is 21.0. The van der Waals surface area contributed by atoms with Crippen LogP contribution >= 0.6 is 15.9 Å². The minimum absolute atomic E-state index is 0.0486. The second-order valence-electron chi connectivity index (χ2n) is 7.21. The van der Waals surface area contributed by atoms with Crippen molar-refractivity contribution in [1.82, 2.24) is 4.90 Å². The molecule has 2 atom stereocenters. The van der Waals surface area contributed by atoms with Crippen LogP contribution in [0.3, 0.4) is 0 Å². The van der Waals surface area contributed by atoms with Crippen LogP contribution in [0, 0.1) is 0 Å². The van der Waals surface area contributed by atoms with Gasteiger partial charge in [-0.25, -0.2) is 0 Å². The molecule has 0 saturated carbocycles. The number of halogens is 1. The predicted molar refractivity (Wildman–Crippen MR) is 109 cm³/mol. The lowest BCUT2D eigenvalue weighted by molar-refractivity contribution is 0.0198. The van der Waals surface area contributed by atoms with E-state index in [1.165, 1.54) is 14.2 Å². The molecule has 0 aromatic heterocycles. The van der Waals surface area contributed by atoms with Gasteiger partial charge in [-0.1, -0.05) is 6.07 Å². The Morgan fingerprint density at radius 1 is 1.10 bits per heavy atom. The second kappa shape index (κ2) is 6.95. The number of carbonyl (C=O) groups is 1. The first-order valence-corrected chi connectivity index (χ1v) is 10.2. The summed E-state index contributed by atoms with van der Waals surface area (Å²) < 4.78 is 28.5. The van der Waals surface area contributed by atoms with E-state index in [4.69, 9.17) is 23.7 Å².